The summed E-state index contributed by atoms with van der Waals surface area (Å²) in [5.41, 5.74) is 6.44. The quantitative estimate of drug-likeness (QED) is 0.557. The van der Waals surface area contributed by atoms with Crippen molar-refractivity contribution in [2.24, 2.45) is 0 Å². The van der Waals surface area contributed by atoms with Gasteiger partial charge < -0.3 is 4.98 Å². The number of carbonyl (C=O) groups is 2. The molecule has 2 aromatic carbocycles. The molecule has 1 saturated heterocycles. The number of rotatable bonds is 3. The van der Waals surface area contributed by atoms with Crippen LogP contribution in [0.3, 0.4) is 0 Å². The fourth-order valence-corrected chi connectivity index (χ4v) is 6.39. The Morgan fingerprint density at radius 3 is 2.68 bits per heavy atom. The summed E-state index contributed by atoms with van der Waals surface area (Å²) in [5, 5.41) is 3.15. The van der Waals surface area contributed by atoms with E-state index in [-0.39, 0.29) is 16.7 Å². The Morgan fingerprint density at radius 2 is 1.94 bits per heavy atom. The second-order valence-electron chi connectivity index (χ2n) is 8.40. The number of nitrogens with one attached hydrogen (secondary N) is 2. The molecule has 0 radical (unpaired) electrons. The number of hydrazine groups is 1. The SMILES string of the molecule is Cc1c(C(=O)NN2C(=O)CSC23CCC(c2ccccc2)CC3)[nH]c2ccc(Cl)cc12. The van der Waals surface area contributed by atoms with Gasteiger partial charge in [-0.05, 0) is 67.9 Å². The summed E-state index contributed by atoms with van der Waals surface area (Å²) in [6, 6.07) is 16.1. The summed E-state index contributed by atoms with van der Waals surface area (Å²) in [6.07, 6.45) is 3.73. The maximum Gasteiger partial charge on any atom is 0.286 e. The van der Waals surface area contributed by atoms with Crippen LogP contribution in [0.25, 0.3) is 10.9 Å². The second-order valence-corrected chi connectivity index (χ2v) is 10.2. The number of aromatic nitrogens is 1. The number of hydrogen-bond acceptors (Lipinski definition) is 3. The van der Waals surface area contributed by atoms with E-state index in [9.17, 15) is 9.59 Å². The van der Waals surface area contributed by atoms with Crippen LogP contribution in [0.1, 0.15) is 53.2 Å². The zero-order valence-corrected chi connectivity index (χ0v) is 18.9. The predicted octanol–water partition coefficient (Wildman–Crippen LogP) is 5.40. The monoisotopic (exact) mass is 453 g/mol. The number of halogens is 1. The number of nitrogens with zero attached hydrogens (tertiary/aromatic N) is 1. The zero-order valence-electron chi connectivity index (χ0n) is 17.3. The third kappa shape index (κ3) is 3.62. The molecule has 2 aliphatic rings. The summed E-state index contributed by atoms with van der Waals surface area (Å²) in [5.74, 6) is 0.581. The molecule has 2 amide bonds. The van der Waals surface area contributed by atoms with Crippen molar-refractivity contribution >= 4 is 46.1 Å². The molecule has 3 aromatic rings. The molecule has 0 unspecified atom stereocenters. The average molecular weight is 454 g/mol. The number of fused-ring (bicyclic) bond motifs is 1. The number of aryl methyl sites for hydroxylation is 1. The van der Waals surface area contributed by atoms with E-state index in [4.69, 9.17) is 11.6 Å². The minimum absolute atomic E-state index is 0.0340. The van der Waals surface area contributed by atoms with Crippen LogP contribution >= 0.6 is 23.4 Å². The molecule has 160 valence electrons. The summed E-state index contributed by atoms with van der Waals surface area (Å²) >= 11 is 7.78. The Kier molecular flexibility index (Phi) is 5.22. The van der Waals surface area contributed by atoms with Crippen LogP contribution in [0.4, 0.5) is 0 Å². The molecule has 1 spiro atoms. The lowest BCUT2D eigenvalue weighted by Crippen LogP contribution is -2.55. The van der Waals surface area contributed by atoms with Crippen molar-refractivity contribution in [3.05, 3.63) is 70.4 Å². The van der Waals surface area contributed by atoms with Gasteiger partial charge in [0.15, 0.2) is 0 Å². The van der Waals surface area contributed by atoms with E-state index in [1.54, 1.807) is 22.8 Å². The number of H-pyrrole nitrogens is 1. The molecule has 2 fully saturated rings. The number of amides is 2. The molecule has 1 aliphatic heterocycles. The van der Waals surface area contributed by atoms with E-state index in [0.29, 0.717) is 22.4 Å². The van der Waals surface area contributed by atoms with Gasteiger partial charge in [0.05, 0.1) is 5.75 Å². The Morgan fingerprint density at radius 1 is 1.19 bits per heavy atom. The fourth-order valence-electron chi connectivity index (χ4n) is 4.90. The summed E-state index contributed by atoms with van der Waals surface area (Å²) in [6.45, 7) is 1.89. The van der Waals surface area contributed by atoms with E-state index >= 15 is 0 Å². The lowest BCUT2D eigenvalue weighted by atomic mass is 9.81. The van der Waals surface area contributed by atoms with Crippen LogP contribution in [-0.4, -0.2) is 32.4 Å². The Bertz CT molecular complexity index is 1150. The molecular formula is C24H24ClN3O2S. The van der Waals surface area contributed by atoms with Crippen LogP contribution in [0.2, 0.25) is 5.02 Å². The third-order valence-corrected chi connectivity index (χ3v) is 8.37. The lowest BCUT2D eigenvalue weighted by Gasteiger charge is -2.42. The van der Waals surface area contributed by atoms with Crippen molar-refractivity contribution in [3.63, 3.8) is 0 Å². The Balaban J connectivity index is 1.35. The number of carbonyl (C=O) groups excluding carboxylic acids is 2. The Hall–Kier alpha value is -2.44. The predicted molar refractivity (Wildman–Crippen MR) is 125 cm³/mol. The van der Waals surface area contributed by atoms with Crippen molar-refractivity contribution in [2.45, 2.75) is 43.4 Å². The summed E-state index contributed by atoms with van der Waals surface area (Å²) < 4.78 is 0. The normalized spacial score (nSPS) is 23.6. The first-order chi connectivity index (χ1) is 15.0. The highest BCUT2D eigenvalue weighted by atomic mass is 35.5. The van der Waals surface area contributed by atoms with Crippen molar-refractivity contribution in [3.8, 4) is 0 Å². The van der Waals surface area contributed by atoms with Gasteiger partial charge >= 0.3 is 0 Å². The minimum Gasteiger partial charge on any atom is -0.350 e. The fraction of sp³-hybridized carbons (Fsp3) is 0.333. The summed E-state index contributed by atoms with van der Waals surface area (Å²) in [4.78, 5) is 28.7. The molecule has 1 aromatic heterocycles. The van der Waals surface area contributed by atoms with Gasteiger partial charge in [-0.15, -0.1) is 11.8 Å². The standard InChI is InChI=1S/C24H24ClN3O2S/c1-15-19-13-18(25)7-8-20(19)26-22(15)23(30)27-28-21(29)14-31-24(28)11-9-17(10-12-24)16-5-3-2-4-6-16/h2-8,13,17,26H,9-12,14H2,1H3,(H,27,30). The topological polar surface area (TPSA) is 65.2 Å². The highest BCUT2D eigenvalue weighted by molar-refractivity contribution is 8.01. The zero-order chi connectivity index (χ0) is 21.6. The van der Waals surface area contributed by atoms with E-state index in [0.717, 1.165) is 42.1 Å². The molecule has 1 saturated carbocycles. The van der Waals surface area contributed by atoms with E-state index in [1.807, 2.05) is 25.1 Å². The number of benzene rings is 2. The molecule has 7 heteroatoms. The van der Waals surface area contributed by atoms with Gasteiger partial charge in [0.2, 0.25) is 0 Å². The molecule has 0 atom stereocenters. The minimum atomic E-state index is -0.360. The molecule has 31 heavy (non-hydrogen) atoms. The van der Waals surface area contributed by atoms with Gasteiger partial charge in [-0.3, -0.25) is 15.0 Å². The average Bonchev–Trinajstić information content (AvgIpc) is 3.27. The van der Waals surface area contributed by atoms with Gasteiger partial charge in [-0.2, -0.15) is 0 Å². The third-order valence-electron chi connectivity index (χ3n) is 6.62. The first-order valence-electron chi connectivity index (χ1n) is 10.6. The molecule has 2 heterocycles. The Labute approximate surface area is 190 Å². The van der Waals surface area contributed by atoms with E-state index in [2.05, 4.69) is 34.7 Å². The van der Waals surface area contributed by atoms with Gasteiger partial charge in [0.25, 0.3) is 11.8 Å². The highest BCUT2D eigenvalue weighted by Crippen LogP contribution is 2.49. The van der Waals surface area contributed by atoms with Crippen molar-refractivity contribution in [1.82, 2.24) is 15.4 Å². The lowest BCUT2D eigenvalue weighted by molar-refractivity contribution is -0.134. The van der Waals surface area contributed by atoms with Crippen molar-refractivity contribution in [2.75, 3.05) is 5.75 Å². The van der Waals surface area contributed by atoms with Crippen LogP contribution in [0.5, 0.6) is 0 Å². The molecule has 0 bridgehead atoms. The number of aromatic amines is 1. The second kappa shape index (κ2) is 7.92. The van der Waals surface area contributed by atoms with E-state index in [1.165, 1.54) is 5.56 Å². The van der Waals surface area contributed by atoms with Crippen LogP contribution < -0.4 is 5.43 Å². The van der Waals surface area contributed by atoms with Crippen molar-refractivity contribution < 1.29 is 9.59 Å². The van der Waals surface area contributed by atoms with E-state index < -0.39 is 0 Å². The largest absolute Gasteiger partial charge is 0.350 e. The van der Waals surface area contributed by atoms with Gasteiger partial charge in [-0.25, -0.2) is 5.01 Å². The van der Waals surface area contributed by atoms with Crippen LogP contribution in [0.15, 0.2) is 48.5 Å². The van der Waals surface area contributed by atoms with Gasteiger partial charge in [0, 0.05) is 15.9 Å². The van der Waals surface area contributed by atoms with Gasteiger partial charge in [-0.1, -0.05) is 41.9 Å². The number of hydrogen-bond donors (Lipinski definition) is 2. The molecule has 5 rings (SSSR count). The van der Waals surface area contributed by atoms with Gasteiger partial charge in [0.1, 0.15) is 10.6 Å². The first kappa shape index (κ1) is 20.5. The van der Waals surface area contributed by atoms with Crippen LogP contribution in [0, 0.1) is 6.92 Å². The maximum absolute atomic E-state index is 13.2. The molecule has 2 N–H and O–H groups in total. The van der Waals surface area contributed by atoms with Crippen molar-refractivity contribution in [1.29, 1.82) is 0 Å². The molecular weight excluding hydrogens is 430 g/mol. The molecule has 1 aliphatic carbocycles. The smallest absolute Gasteiger partial charge is 0.286 e. The number of thioether (sulfide) groups is 1. The first-order valence-corrected chi connectivity index (χ1v) is 11.9. The molecule has 5 nitrogen and oxygen atoms in total. The maximum atomic E-state index is 13.2. The highest BCUT2D eigenvalue weighted by Gasteiger charge is 2.49. The summed E-state index contributed by atoms with van der Waals surface area (Å²) in [7, 11) is 0. The van der Waals surface area contributed by atoms with Crippen LogP contribution in [-0.2, 0) is 4.79 Å².